The molecule has 2 unspecified atom stereocenters. The Morgan fingerprint density at radius 2 is 2.31 bits per heavy atom. The van der Waals surface area contributed by atoms with Gasteiger partial charge in [-0.1, -0.05) is 6.92 Å². The fraction of sp³-hybridized carbons (Fsp3) is 0.700. The third kappa shape index (κ3) is 1.57. The second-order valence-corrected chi connectivity index (χ2v) is 5.17. The third-order valence-electron chi connectivity index (χ3n) is 2.92. The van der Waals surface area contributed by atoms with Crippen LogP contribution < -0.4 is 5.32 Å². The molecule has 2 fully saturated rings. The Kier molecular flexibility index (Phi) is 1.62. The maximum atomic E-state index is 4.61. The normalized spacial score (nSPS) is 31.8. The second kappa shape index (κ2) is 2.71. The van der Waals surface area contributed by atoms with Crippen LogP contribution in [0.4, 0.5) is 5.13 Å². The SMILES string of the molecule is CC1CC1c1csc(NC2CC2)n1. The maximum absolute atomic E-state index is 4.61. The summed E-state index contributed by atoms with van der Waals surface area (Å²) in [7, 11) is 0. The lowest BCUT2D eigenvalue weighted by Crippen LogP contribution is -1.99. The van der Waals surface area contributed by atoms with Gasteiger partial charge in [0.15, 0.2) is 5.13 Å². The predicted molar refractivity (Wildman–Crippen MR) is 55.3 cm³/mol. The van der Waals surface area contributed by atoms with Gasteiger partial charge in [0.1, 0.15) is 0 Å². The second-order valence-electron chi connectivity index (χ2n) is 4.32. The third-order valence-corrected chi connectivity index (χ3v) is 3.71. The zero-order valence-corrected chi connectivity index (χ0v) is 8.60. The van der Waals surface area contributed by atoms with Gasteiger partial charge in [-0.3, -0.25) is 0 Å². The summed E-state index contributed by atoms with van der Waals surface area (Å²) in [6.07, 6.45) is 4.00. The van der Waals surface area contributed by atoms with Gasteiger partial charge in [-0.25, -0.2) is 4.98 Å². The van der Waals surface area contributed by atoms with E-state index >= 15 is 0 Å². The molecule has 1 heterocycles. The van der Waals surface area contributed by atoms with E-state index in [1.54, 1.807) is 11.3 Å². The number of thiazole rings is 1. The topological polar surface area (TPSA) is 24.9 Å². The zero-order chi connectivity index (χ0) is 8.84. The van der Waals surface area contributed by atoms with Crippen LogP contribution >= 0.6 is 11.3 Å². The lowest BCUT2D eigenvalue weighted by atomic mass is 10.3. The summed E-state index contributed by atoms with van der Waals surface area (Å²) in [5.74, 6) is 1.64. The van der Waals surface area contributed by atoms with Crippen molar-refractivity contribution in [3.63, 3.8) is 0 Å². The molecule has 1 N–H and O–H groups in total. The van der Waals surface area contributed by atoms with E-state index in [4.69, 9.17) is 0 Å². The minimum absolute atomic E-state index is 0.732. The number of anilines is 1. The maximum Gasteiger partial charge on any atom is 0.183 e. The molecule has 2 atom stereocenters. The molecule has 1 aromatic heterocycles. The van der Waals surface area contributed by atoms with E-state index in [2.05, 4.69) is 22.6 Å². The molecule has 0 aliphatic heterocycles. The van der Waals surface area contributed by atoms with Crippen molar-refractivity contribution in [2.24, 2.45) is 5.92 Å². The van der Waals surface area contributed by atoms with Gasteiger partial charge in [-0.2, -0.15) is 0 Å². The largest absolute Gasteiger partial charge is 0.359 e. The first-order valence-corrected chi connectivity index (χ1v) is 5.93. The molecule has 0 bridgehead atoms. The Balaban J connectivity index is 1.70. The van der Waals surface area contributed by atoms with Crippen molar-refractivity contribution in [2.45, 2.75) is 38.1 Å². The minimum atomic E-state index is 0.732. The van der Waals surface area contributed by atoms with Crippen molar-refractivity contribution in [2.75, 3.05) is 5.32 Å². The molecule has 1 aromatic rings. The van der Waals surface area contributed by atoms with Gasteiger partial charge in [-0.15, -0.1) is 11.3 Å². The van der Waals surface area contributed by atoms with Crippen LogP contribution in [-0.2, 0) is 0 Å². The lowest BCUT2D eigenvalue weighted by Gasteiger charge is -1.96. The highest BCUT2D eigenvalue weighted by atomic mass is 32.1. The van der Waals surface area contributed by atoms with Crippen LogP contribution in [0, 0.1) is 5.92 Å². The average molecular weight is 194 g/mol. The smallest absolute Gasteiger partial charge is 0.183 e. The molecule has 0 amide bonds. The van der Waals surface area contributed by atoms with E-state index in [-0.39, 0.29) is 0 Å². The van der Waals surface area contributed by atoms with Gasteiger partial charge >= 0.3 is 0 Å². The molecule has 13 heavy (non-hydrogen) atoms. The van der Waals surface area contributed by atoms with Gasteiger partial charge in [0.2, 0.25) is 0 Å². The molecular formula is C10H14N2S. The zero-order valence-electron chi connectivity index (χ0n) is 7.79. The number of nitrogens with one attached hydrogen (secondary N) is 1. The van der Waals surface area contributed by atoms with E-state index in [0.29, 0.717) is 0 Å². The first-order chi connectivity index (χ1) is 6.33. The minimum Gasteiger partial charge on any atom is -0.359 e. The van der Waals surface area contributed by atoms with E-state index in [9.17, 15) is 0 Å². The average Bonchev–Trinajstić information content (AvgIpc) is 2.97. The monoisotopic (exact) mass is 194 g/mol. The molecular weight excluding hydrogens is 180 g/mol. The summed E-state index contributed by atoms with van der Waals surface area (Å²) in [4.78, 5) is 4.61. The number of aromatic nitrogens is 1. The first-order valence-electron chi connectivity index (χ1n) is 5.05. The van der Waals surface area contributed by atoms with Crippen molar-refractivity contribution in [3.05, 3.63) is 11.1 Å². The van der Waals surface area contributed by atoms with E-state index in [1.807, 2.05) is 0 Å². The van der Waals surface area contributed by atoms with Gasteiger partial charge in [0.25, 0.3) is 0 Å². The Morgan fingerprint density at radius 3 is 2.92 bits per heavy atom. The highest BCUT2D eigenvalue weighted by molar-refractivity contribution is 7.13. The van der Waals surface area contributed by atoms with Crippen molar-refractivity contribution in [1.29, 1.82) is 0 Å². The first kappa shape index (κ1) is 7.80. The van der Waals surface area contributed by atoms with Crippen molar-refractivity contribution in [3.8, 4) is 0 Å². The standard InChI is InChI=1S/C10H14N2S/c1-6-4-8(6)9-5-13-10(12-9)11-7-2-3-7/h5-8H,2-4H2,1H3,(H,11,12). The molecule has 2 aliphatic rings. The summed E-state index contributed by atoms with van der Waals surface area (Å²) < 4.78 is 0. The highest BCUT2D eigenvalue weighted by Crippen LogP contribution is 2.47. The lowest BCUT2D eigenvalue weighted by molar-refractivity contribution is 0.893. The molecule has 2 aliphatic carbocycles. The highest BCUT2D eigenvalue weighted by Gasteiger charge is 2.36. The van der Waals surface area contributed by atoms with Crippen LogP contribution in [0.1, 0.15) is 37.8 Å². The van der Waals surface area contributed by atoms with Crippen LogP contribution in [0.25, 0.3) is 0 Å². The van der Waals surface area contributed by atoms with Gasteiger partial charge in [0.05, 0.1) is 5.69 Å². The fourth-order valence-corrected chi connectivity index (χ4v) is 2.51. The number of hydrogen-bond acceptors (Lipinski definition) is 3. The van der Waals surface area contributed by atoms with E-state index < -0.39 is 0 Å². The Bertz CT molecular complexity index is 316. The Labute approximate surface area is 82.4 Å². The molecule has 0 spiro atoms. The molecule has 0 saturated heterocycles. The number of nitrogens with zero attached hydrogens (tertiary/aromatic N) is 1. The number of hydrogen-bond donors (Lipinski definition) is 1. The molecule has 2 saturated carbocycles. The van der Waals surface area contributed by atoms with Crippen LogP contribution in [0.3, 0.4) is 0 Å². The Hall–Kier alpha value is -0.570. The predicted octanol–water partition coefficient (Wildman–Crippen LogP) is 2.84. The molecule has 3 rings (SSSR count). The summed E-state index contributed by atoms with van der Waals surface area (Å²) in [5, 5.41) is 6.80. The van der Waals surface area contributed by atoms with Gasteiger partial charge in [-0.05, 0) is 25.2 Å². The van der Waals surface area contributed by atoms with Crippen molar-refractivity contribution >= 4 is 16.5 Å². The summed E-state index contributed by atoms with van der Waals surface area (Å²) in [5.41, 5.74) is 1.32. The molecule has 3 heteroatoms. The number of rotatable bonds is 3. The summed E-state index contributed by atoms with van der Waals surface area (Å²) in [6.45, 7) is 2.30. The van der Waals surface area contributed by atoms with Gasteiger partial charge in [0, 0.05) is 17.3 Å². The van der Waals surface area contributed by atoms with Crippen LogP contribution in [-0.4, -0.2) is 11.0 Å². The van der Waals surface area contributed by atoms with E-state index in [0.717, 1.165) is 23.0 Å². The van der Waals surface area contributed by atoms with Crippen molar-refractivity contribution < 1.29 is 0 Å². The van der Waals surface area contributed by atoms with Crippen molar-refractivity contribution in [1.82, 2.24) is 4.98 Å². The fourth-order valence-electron chi connectivity index (χ4n) is 1.66. The molecule has 0 aromatic carbocycles. The summed E-state index contributed by atoms with van der Waals surface area (Å²) >= 11 is 1.77. The van der Waals surface area contributed by atoms with Crippen LogP contribution in [0.5, 0.6) is 0 Å². The van der Waals surface area contributed by atoms with E-state index in [1.165, 1.54) is 25.0 Å². The van der Waals surface area contributed by atoms with Crippen LogP contribution in [0.2, 0.25) is 0 Å². The van der Waals surface area contributed by atoms with Gasteiger partial charge < -0.3 is 5.32 Å². The van der Waals surface area contributed by atoms with Crippen LogP contribution in [0.15, 0.2) is 5.38 Å². The quantitative estimate of drug-likeness (QED) is 0.800. The molecule has 2 nitrogen and oxygen atoms in total. The molecule has 0 radical (unpaired) electrons. The summed E-state index contributed by atoms with van der Waals surface area (Å²) in [6, 6.07) is 0.732. The molecule has 70 valence electrons. The Morgan fingerprint density at radius 1 is 1.54 bits per heavy atom.